The Balaban J connectivity index is 1.95. The number of aliphatic hydroxyl groups is 1. The van der Waals surface area contributed by atoms with Gasteiger partial charge in [0.15, 0.2) is 5.78 Å². The third-order valence-electron chi connectivity index (χ3n) is 3.81. The number of carbonyl (C=O) groups excluding carboxylic acids is 1. The van der Waals surface area contributed by atoms with Crippen LogP contribution in [0.1, 0.15) is 23.8 Å². The van der Waals surface area contributed by atoms with E-state index in [1.807, 2.05) is 0 Å². The molecule has 2 atom stereocenters. The van der Waals surface area contributed by atoms with Crippen molar-refractivity contribution in [3.63, 3.8) is 0 Å². The van der Waals surface area contributed by atoms with Crippen molar-refractivity contribution in [2.75, 3.05) is 26.2 Å². The molecular formula is C14H20N2O3. The molecule has 104 valence electrons. The molecule has 19 heavy (non-hydrogen) atoms. The minimum atomic E-state index is -0.0477. The van der Waals surface area contributed by atoms with Gasteiger partial charge in [-0.25, -0.2) is 4.98 Å². The van der Waals surface area contributed by atoms with E-state index in [0.717, 1.165) is 19.5 Å². The standard InChI is InChI=1S/C14H20N2O3/c1-2-10-6-16(7-11(10)9-17)8-14(19)13-4-3-12(18)5-15-13/h3-5,10-11,17-18H,2,6-9H2,1H3/t10-,11-/m1/s1. The van der Waals surface area contributed by atoms with Crippen LogP contribution in [0.4, 0.5) is 0 Å². The molecule has 2 heterocycles. The summed E-state index contributed by atoms with van der Waals surface area (Å²) < 4.78 is 0. The van der Waals surface area contributed by atoms with Crippen LogP contribution in [0.3, 0.4) is 0 Å². The van der Waals surface area contributed by atoms with Gasteiger partial charge < -0.3 is 10.2 Å². The minimum absolute atomic E-state index is 0.0477. The fourth-order valence-electron chi connectivity index (χ4n) is 2.67. The lowest BCUT2D eigenvalue weighted by Gasteiger charge is -2.14. The molecule has 1 aromatic rings. The number of aliphatic hydroxyl groups excluding tert-OH is 1. The molecule has 0 bridgehead atoms. The van der Waals surface area contributed by atoms with Crippen LogP contribution in [0, 0.1) is 11.8 Å². The first kappa shape index (κ1) is 14.0. The van der Waals surface area contributed by atoms with E-state index in [1.54, 1.807) is 0 Å². The fourth-order valence-corrected chi connectivity index (χ4v) is 2.67. The van der Waals surface area contributed by atoms with Crippen LogP contribution in [0.2, 0.25) is 0 Å². The maximum Gasteiger partial charge on any atom is 0.195 e. The van der Waals surface area contributed by atoms with Crippen molar-refractivity contribution in [3.05, 3.63) is 24.0 Å². The van der Waals surface area contributed by atoms with Gasteiger partial charge >= 0.3 is 0 Å². The zero-order valence-electron chi connectivity index (χ0n) is 11.1. The van der Waals surface area contributed by atoms with E-state index in [2.05, 4.69) is 16.8 Å². The number of Topliss-reactive ketones (excluding diaryl/α,β-unsaturated/α-hetero) is 1. The minimum Gasteiger partial charge on any atom is -0.506 e. The molecule has 2 N–H and O–H groups in total. The quantitative estimate of drug-likeness (QED) is 0.774. The van der Waals surface area contributed by atoms with Crippen molar-refractivity contribution in [1.82, 2.24) is 9.88 Å². The van der Waals surface area contributed by atoms with Gasteiger partial charge in [-0.05, 0) is 24.0 Å². The predicted octanol–water partition coefficient (Wildman–Crippen LogP) is 0.920. The first-order valence-electron chi connectivity index (χ1n) is 6.65. The van der Waals surface area contributed by atoms with E-state index in [9.17, 15) is 9.90 Å². The molecule has 0 saturated carbocycles. The summed E-state index contributed by atoms with van der Waals surface area (Å²) in [5.74, 6) is 0.744. The Hall–Kier alpha value is -1.46. The van der Waals surface area contributed by atoms with Crippen LogP contribution in [0.5, 0.6) is 5.75 Å². The molecule has 1 saturated heterocycles. The number of hydrogen-bond donors (Lipinski definition) is 2. The SMILES string of the molecule is CC[C@@H]1CN(CC(=O)c2ccc(O)cn2)C[C@@H]1CO. The van der Waals surface area contributed by atoms with Crippen molar-refractivity contribution in [2.45, 2.75) is 13.3 Å². The third kappa shape index (κ3) is 3.30. The van der Waals surface area contributed by atoms with Gasteiger partial charge in [0, 0.05) is 19.7 Å². The molecule has 1 fully saturated rings. The van der Waals surface area contributed by atoms with Gasteiger partial charge in [-0.1, -0.05) is 13.3 Å². The highest BCUT2D eigenvalue weighted by Crippen LogP contribution is 2.25. The van der Waals surface area contributed by atoms with Gasteiger partial charge in [0.05, 0.1) is 12.7 Å². The van der Waals surface area contributed by atoms with E-state index < -0.39 is 0 Å². The Morgan fingerprint density at radius 2 is 2.16 bits per heavy atom. The first-order valence-corrected chi connectivity index (χ1v) is 6.65. The normalized spacial score (nSPS) is 23.7. The van der Waals surface area contributed by atoms with Crippen molar-refractivity contribution >= 4 is 5.78 Å². The van der Waals surface area contributed by atoms with Crippen molar-refractivity contribution in [3.8, 4) is 5.75 Å². The van der Waals surface area contributed by atoms with Gasteiger partial charge in [-0.3, -0.25) is 9.69 Å². The molecule has 5 nitrogen and oxygen atoms in total. The van der Waals surface area contributed by atoms with Crippen LogP contribution in [0.25, 0.3) is 0 Å². The Bertz CT molecular complexity index is 421. The molecule has 1 aromatic heterocycles. The molecule has 0 spiro atoms. The van der Waals surface area contributed by atoms with E-state index in [1.165, 1.54) is 18.3 Å². The van der Waals surface area contributed by atoms with Crippen molar-refractivity contribution in [1.29, 1.82) is 0 Å². The van der Waals surface area contributed by atoms with E-state index in [0.29, 0.717) is 18.2 Å². The average molecular weight is 264 g/mol. The molecule has 0 unspecified atom stereocenters. The van der Waals surface area contributed by atoms with Crippen molar-refractivity contribution < 1.29 is 15.0 Å². The van der Waals surface area contributed by atoms with E-state index in [4.69, 9.17) is 5.11 Å². The Morgan fingerprint density at radius 1 is 1.42 bits per heavy atom. The van der Waals surface area contributed by atoms with Gasteiger partial charge in [-0.15, -0.1) is 0 Å². The second-order valence-corrected chi connectivity index (χ2v) is 5.13. The van der Waals surface area contributed by atoms with Gasteiger partial charge in [0.1, 0.15) is 11.4 Å². The topological polar surface area (TPSA) is 73.7 Å². The fraction of sp³-hybridized carbons (Fsp3) is 0.571. The first-order chi connectivity index (χ1) is 9.13. The summed E-state index contributed by atoms with van der Waals surface area (Å²) in [5.41, 5.74) is 0.373. The summed E-state index contributed by atoms with van der Waals surface area (Å²) in [5, 5.41) is 18.5. The van der Waals surface area contributed by atoms with Crippen LogP contribution < -0.4 is 0 Å². The molecule has 0 aliphatic carbocycles. The zero-order chi connectivity index (χ0) is 13.8. The molecular weight excluding hydrogens is 244 g/mol. The maximum atomic E-state index is 12.1. The number of ketones is 1. The van der Waals surface area contributed by atoms with Crippen LogP contribution in [-0.2, 0) is 0 Å². The number of hydrogen-bond acceptors (Lipinski definition) is 5. The predicted molar refractivity (Wildman–Crippen MR) is 71.0 cm³/mol. The van der Waals surface area contributed by atoms with Gasteiger partial charge in [0.2, 0.25) is 0 Å². The highest BCUT2D eigenvalue weighted by atomic mass is 16.3. The van der Waals surface area contributed by atoms with Crippen molar-refractivity contribution in [2.24, 2.45) is 11.8 Å². The Kier molecular flexibility index (Phi) is 4.50. The summed E-state index contributed by atoms with van der Waals surface area (Å²) in [7, 11) is 0. The van der Waals surface area contributed by atoms with Crippen LogP contribution >= 0.6 is 0 Å². The van der Waals surface area contributed by atoms with Crippen LogP contribution in [-0.4, -0.2) is 52.1 Å². The number of aromatic hydroxyl groups is 1. The maximum absolute atomic E-state index is 12.1. The second kappa shape index (κ2) is 6.12. The molecule has 0 amide bonds. The summed E-state index contributed by atoms with van der Waals surface area (Å²) in [4.78, 5) is 18.1. The number of pyridine rings is 1. The Labute approximate surface area is 112 Å². The van der Waals surface area contributed by atoms with Gasteiger partial charge in [0.25, 0.3) is 0 Å². The average Bonchev–Trinajstić information content (AvgIpc) is 2.81. The molecule has 1 aliphatic rings. The highest BCUT2D eigenvalue weighted by molar-refractivity contribution is 5.95. The molecule has 0 aromatic carbocycles. The number of rotatable bonds is 5. The largest absolute Gasteiger partial charge is 0.506 e. The zero-order valence-corrected chi connectivity index (χ0v) is 11.1. The smallest absolute Gasteiger partial charge is 0.195 e. The van der Waals surface area contributed by atoms with E-state index in [-0.39, 0.29) is 24.1 Å². The number of likely N-dealkylation sites (tertiary alicyclic amines) is 1. The summed E-state index contributed by atoms with van der Waals surface area (Å²) in [6, 6.07) is 3.00. The lowest BCUT2D eigenvalue weighted by Crippen LogP contribution is -2.28. The van der Waals surface area contributed by atoms with Gasteiger partial charge in [-0.2, -0.15) is 0 Å². The Morgan fingerprint density at radius 3 is 2.68 bits per heavy atom. The highest BCUT2D eigenvalue weighted by Gasteiger charge is 2.31. The molecule has 0 radical (unpaired) electrons. The van der Waals surface area contributed by atoms with E-state index >= 15 is 0 Å². The summed E-state index contributed by atoms with van der Waals surface area (Å²) in [6.07, 6.45) is 2.30. The summed E-state index contributed by atoms with van der Waals surface area (Å²) in [6.45, 7) is 4.23. The number of carbonyl (C=O) groups is 1. The van der Waals surface area contributed by atoms with Crippen LogP contribution in [0.15, 0.2) is 18.3 Å². The summed E-state index contributed by atoms with van der Waals surface area (Å²) >= 11 is 0. The number of aromatic nitrogens is 1. The lowest BCUT2D eigenvalue weighted by atomic mass is 9.95. The lowest BCUT2D eigenvalue weighted by molar-refractivity contribution is 0.0935. The third-order valence-corrected chi connectivity index (χ3v) is 3.81. The molecule has 2 rings (SSSR count). The second-order valence-electron chi connectivity index (χ2n) is 5.13. The number of nitrogens with zero attached hydrogens (tertiary/aromatic N) is 2. The monoisotopic (exact) mass is 264 g/mol. The molecule has 1 aliphatic heterocycles. The molecule has 5 heteroatoms.